The summed E-state index contributed by atoms with van der Waals surface area (Å²) in [5, 5.41) is 21.4. The van der Waals surface area contributed by atoms with Gasteiger partial charge in [0.2, 0.25) is 0 Å². The molecule has 7 nitrogen and oxygen atoms in total. The van der Waals surface area contributed by atoms with Crippen LogP contribution in [-0.4, -0.2) is 68.0 Å². The molecular formula is C24H28ClN5O2. The minimum absolute atomic E-state index is 0.132. The van der Waals surface area contributed by atoms with Gasteiger partial charge in [-0.25, -0.2) is 4.68 Å². The van der Waals surface area contributed by atoms with Crippen molar-refractivity contribution in [3.63, 3.8) is 0 Å². The first-order valence-electron chi connectivity index (χ1n) is 11.8. The Morgan fingerprint density at radius 3 is 2.56 bits per heavy atom. The number of aliphatic hydroxyl groups excluding tert-OH is 1. The zero-order valence-corrected chi connectivity index (χ0v) is 18.8. The second-order valence-electron chi connectivity index (χ2n) is 10.3. The first-order valence-corrected chi connectivity index (χ1v) is 12.2. The number of fused-ring (bicyclic) bond motifs is 1. The third-order valence-electron chi connectivity index (χ3n) is 8.45. The maximum atomic E-state index is 10.2. The van der Waals surface area contributed by atoms with Crippen LogP contribution in [0.2, 0.25) is 5.02 Å². The van der Waals surface area contributed by atoms with Crippen LogP contribution in [0.1, 0.15) is 43.6 Å². The van der Waals surface area contributed by atoms with Gasteiger partial charge in [0.05, 0.1) is 55.0 Å². The molecule has 32 heavy (non-hydrogen) atoms. The van der Waals surface area contributed by atoms with E-state index in [0.29, 0.717) is 19.1 Å². The molecule has 8 heteroatoms. The third-order valence-corrected chi connectivity index (χ3v) is 8.78. The van der Waals surface area contributed by atoms with E-state index in [2.05, 4.69) is 38.1 Å². The van der Waals surface area contributed by atoms with Crippen LogP contribution >= 0.6 is 11.6 Å². The zero-order valence-electron chi connectivity index (χ0n) is 18.0. The number of likely N-dealkylation sites (tertiary alicyclic amines) is 1. The second-order valence-corrected chi connectivity index (χ2v) is 10.7. The number of hydrogen-bond donors (Lipinski definition) is 1. The van der Waals surface area contributed by atoms with Gasteiger partial charge in [-0.2, -0.15) is 10.2 Å². The van der Waals surface area contributed by atoms with Gasteiger partial charge in [-0.05, 0) is 74.7 Å². The van der Waals surface area contributed by atoms with E-state index >= 15 is 0 Å². The van der Waals surface area contributed by atoms with Gasteiger partial charge in [0.15, 0.2) is 0 Å². The fourth-order valence-corrected chi connectivity index (χ4v) is 6.73. The molecule has 1 aromatic carbocycles. The summed E-state index contributed by atoms with van der Waals surface area (Å²) in [6.07, 6.45) is 11.5. The van der Waals surface area contributed by atoms with Gasteiger partial charge < -0.3 is 9.84 Å². The van der Waals surface area contributed by atoms with Gasteiger partial charge in [-0.3, -0.25) is 9.58 Å². The van der Waals surface area contributed by atoms with Crippen molar-refractivity contribution in [2.45, 2.75) is 55.7 Å². The highest BCUT2D eigenvalue weighted by molar-refractivity contribution is 6.32. The molecule has 3 aliphatic carbocycles. The van der Waals surface area contributed by atoms with Crippen molar-refractivity contribution >= 4 is 22.5 Å². The number of ether oxygens (including phenoxy) is 1. The van der Waals surface area contributed by atoms with Crippen molar-refractivity contribution in [1.82, 2.24) is 24.5 Å². The van der Waals surface area contributed by atoms with Crippen molar-refractivity contribution in [1.29, 1.82) is 0 Å². The summed E-state index contributed by atoms with van der Waals surface area (Å²) < 4.78 is 9.63. The van der Waals surface area contributed by atoms with Gasteiger partial charge in [0.1, 0.15) is 5.69 Å². The van der Waals surface area contributed by atoms with E-state index in [1.54, 1.807) is 0 Å². The predicted octanol–water partition coefficient (Wildman–Crippen LogP) is 3.32. The highest BCUT2D eigenvalue weighted by Crippen LogP contribution is 2.62. The Labute approximate surface area is 191 Å². The monoisotopic (exact) mass is 453 g/mol. The number of aromatic nitrogens is 4. The third kappa shape index (κ3) is 2.84. The Balaban J connectivity index is 1.15. The maximum absolute atomic E-state index is 10.2. The van der Waals surface area contributed by atoms with E-state index in [9.17, 15) is 5.11 Å². The Morgan fingerprint density at radius 1 is 1.06 bits per heavy atom. The van der Waals surface area contributed by atoms with Crippen LogP contribution in [0.15, 0.2) is 30.7 Å². The standard InChI is InChI=1S/C24H28ClN5O2/c25-20-5-17-10-27-30(18-11-26-29(12-18)24-7-15(8-24)9-24)21(17)6-19(20)16-1-3-28(4-2-16)22-13-32-14-23(22)31/h5-6,10-12,15-16,22-23,31H,1-4,7-9,13-14H2/t15?,22-,23+,24?/m0/s1. The summed E-state index contributed by atoms with van der Waals surface area (Å²) in [6, 6.07) is 4.42. The predicted molar refractivity (Wildman–Crippen MR) is 121 cm³/mol. The van der Waals surface area contributed by atoms with Crippen molar-refractivity contribution in [3.05, 3.63) is 41.3 Å². The molecule has 168 valence electrons. The average Bonchev–Trinajstić information content (AvgIpc) is 3.45. The van der Waals surface area contributed by atoms with Gasteiger partial charge >= 0.3 is 0 Å². The molecule has 5 fully saturated rings. The Bertz CT molecular complexity index is 1160. The number of halogens is 1. The maximum Gasteiger partial charge on any atom is 0.103 e. The van der Waals surface area contributed by atoms with Gasteiger partial charge in [0.25, 0.3) is 0 Å². The van der Waals surface area contributed by atoms with Crippen molar-refractivity contribution in [3.8, 4) is 5.69 Å². The normalized spacial score (nSPS) is 32.9. The van der Waals surface area contributed by atoms with Crippen LogP contribution in [0.5, 0.6) is 0 Å². The lowest BCUT2D eigenvalue weighted by Crippen LogP contribution is -2.59. The van der Waals surface area contributed by atoms with Gasteiger partial charge in [0, 0.05) is 10.4 Å². The molecule has 0 unspecified atom stereocenters. The summed E-state index contributed by atoms with van der Waals surface area (Å²) in [6.45, 7) is 3.00. The molecule has 0 radical (unpaired) electrons. The largest absolute Gasteiger partial charge is 0.389 e. The molecule has 5 aliphatic rings. The summed E-state index contributed by atoms with van der Waals surface area (Å²) in [7, 11) is 0. The molecule has 4 heterocycles. The molecule has 2 saturated heterocycles. The fraction of sp³-hybridized carbons (Fsp3) is 0.583. The molecule has 2 atom stereocenters. The van der Waals surface area contributed by atoms with Crippen LogP contribution in [0.25, 0.3) is 16.6 Å². The molecule has 2 aliphatic heterocycles. The number of benzene rings is 1. The second kappa shape index (κ2) is 7.03. The fourth-order valence-electron chi connectivity index (χ4n) is 6.40. The molecular weight excluding hydrogens is 426 g/mol. The van der Waals surface area contributed by atoms with E-state index < -0.39 is 0 Å². The summed E-state index contributed by atoms with van der Waals surface area (Å²) in [5.74, 6) is 1.34. The average molecular weight is 454 g/mol. The van der Waals surface area contributed by atoms with Gasteiger partial charge in [-0.1, -0.05) is 11.6 Å². The van der Waals surface area contributed by atoms with Crippen LogP contribution in [-0.2, 0) is 10.3 Å². The van der Waals surface area contributed by atoms with E-state index in [-0.39, 0.29) is 17.7 Å². The number of nitrogens with zero attached hydrogens (tertiary/aromatic N) is 5. The number of piperidine rings is 1. The first kappa shape index (κ1) is 19.5. The van der Waals surface area contributed by atoms with Crippen LogP contribution in [0.3, 0.4) is 0 Å². The SMILES string of the molecule is O[C@@H]1COC[C@@H]1N1CCC(c2cc3c(cnn3-c3cnn(C45CC(C4)C5)c3)cc2Cl)CC1. The highest BCUT2D eigenvalue weighted by atomic mass is 35.5. The molecule has 8 rings (SSSR count). The first-order chi connectivity index (χ1) is 15.6. The molecule has 3 aromatic rings. The van der Waals surface area contributed by atoms with E-state index in [1.807, 2.05) is 17.1 Å². The molecule has 3 saturated carbocycles. The smallest absolute Gasteiger partial charge is 0.103 e. The Hall–Kier alpha value is -1.93. The summed E-state index contributed by atoms with van der Waals surface area (Å²) >= 11 is 6.75. The highest BCUT2D eigenvalue weighted by Gasteiger charge is 2.58. The van der Waals surface area contributed by atoms with Crippen LogP contribution < -0.4 is 0 Å². The molecule has 2 bridgehead atoms. The molecule has 1 N–H and O–H groups in total. The lowest BCUT2D eigenvalue weighted by molar-refractivity contribution is -0.0977. The van der Waals surface area contributed by atoms with Crippen molar-refractivity contribution in [2.75, 3.05) is 26.3 Å². The Morgan fingerprint density at radius 2 is 1.88 bits per heavy atom. The van der Waals surface area contributed by atoms with Crippen molar-refractivity contribution in [2.24, 2.45) is 5.92 Å². The Kier molecular flexibility index (Phi) is 4.29. The number of aliphatic hydroxyl groups is 1. The molecule has 2 aromatic heterocycles. The number of hydrogen-bond acceptors (Lipinski definition) is 5. The van der Waals surface area contributed by atoms with Crippen molar-refractivity contribution < 1.29 is 9.84 Å². The number of rotatable bonds is 4. The van der Waals surface area contributed by atoms with Crippen LogP contribution in [0.4, 0.5) is 0 Å². The molecule has 0 spiro atoms. The van der Waals surface area contributed by atoms with E-state index in [1.165, 1.54) is 24.8 Å². The quantitative estimate of drug-likeness (QED) is 0.656. The van der Waals surface area contributed by atoms with E-state index in [4.69, 9.17) is 16.3 Å². The minimum Gasteiger partial charge on any atom is -0.389 e. The lowest BCUT2D eigenvalue weighted by Gasteiger charge is -2.61. The van der Waals surface area contributed by atoms with Gasteiger partial charge in [-0.15, -0.1) is 0 Å². The zero-order chi connectivity index (χ0) is 21.4. The van der Waals surface area contributed by atoms with E-state index in [0.717, 1.165) is 53.5 Å². The summed E-state index contributed by atoms with van der Waals surface area (Å²) in [5.41, 5.74) is 3.59. The molecule has 0 amide bonds. The summed E-state index contributed by atoms with van der Waals surface area (Å²) in [4.78, 5) is 2.38. The topological polar surface area (TPSA) is 68.3 Å². The van der Waals surface area contributed by atoms with Crippen LogP contribution in [0, 0.1) is 5.92 Å². The minimum atomic E-state index is -0.368. The lowest BCUT2D eigenvalue weighted by atomic mass is 9.50.